The van der Waals surface area contributed by atoms with Crippen molar-refractivity contribution in [2.75, 3.05) is 26.7 Å². The average molecular weight is 172 g/mol. The van der Waals surface area contributed by atoms with Crippen molar-refractivity contribution < 1.29 is 5.11 Å². The quantitative estimate of drug-likeness (QED) is 0.492. The van der Waals surface area contributed by atoms with Gasteiger partial charge in [-0.05, 0) is 51.9 Å². The van der Waals surface area contributed by atoms with Crippen LogP contribution in [0.25, 0.3) is 0 Å². The summed E-state index contributed by atoms with van der Waals surface area (Å²) in [7, 11) is 1.97. The number of rotatable bonds is 6. The molecule has 0 bridgehead atoms. The molecule has 1 rings (SSSR count). The van der Waals surface area contributed by atoms with Gasteiger partial charge >= 0.3 is 0 Å². The van der Waals surface area contributed by atoms with Crippen LogP contribution in [0.5, 0.6) is 0 Å². The first-order valence-corrected chi connectivity index (χ1v) is 4.86. The van der Waals surface area contributed by atoms with Gasteiger partial charge in [-0.15, -0.1) is 0 Å². The first kappa shape index (κ1) is 9.96. The maximum absolute atomic E-state index is 9.02. The van der Waals surface area contributed by atoms with E-state index >= 15 is 0 Å². The smallest absolute Gasteiger partial charge is 0.0546 e. The molecule has 0 unspecified atom stereocenters. The Morgan fingerprint density at radius 1 is 1.33 bits per heavy atom. The lowest BCUT2D eigenvalue weighted by Gasteiger charge is -2.31. The Morgan fingerprint density at radius 2 is 2.08 bits per heavy atom. The van der Waals surface area contributed by atoms with Gasteiger partial charge in [-0.25, -0.2) is 0 Å². The SMILES string of the molecule is CNCCCNCC1CC(O)C1. The Morgan fingerprint density at radius 3 is 2.67 bits per heavy atom. The van der Waals surface area contributed by atoms with E-state index in [-0.39, 0.29) is 6.10 Å². The summed E-state index contributed by atoms with van der Waals surface area (Å²) in [6, 6.07) is 0. The van der Waals surface area contributed by atoms with Crippen LogP contribution in [0.2, 0.25) is 0 Å². The largest absolute Gasteiger partial charge is 0.393 e. The second kappa shape index (κ2) is 5.51. The van der Waals surface area contributed by atoms with Gasteiger partial charge in [0, 0.05) is 0 Å². The summed E-state index contributed by atoms with van der Waals surface area (Å²) in [6.07, 6.45) is 3.18. The Bertz CT molecular complexity index is 113. The highest BCUT2D eigenvalue weighted by atomic mass is 16.3. The van der Waals surface area contributed by atoms with Crippen LogP contribution in [-0.2, 0) is 0 Å². The van der Waals surface area contributed by atoms with Crippen LogP contribution >= 0.6 is 0 Å². The molecule has 0 saturated heterocycles. The van der Waals surface area contributed by atoms with Gasteiger partial charge in [0.15, 0.2) is 0 Å². The van der Waals surface area contributed by atoms with E-state index < -0.39 is 0 Å². The minimum absolute atomic E-state index is 0.00546. The fourth-order valence-electron chi connectivity index (χ4n) is 1.56. The third-order valence-electron chi connectivity index (χ3n) is 2.42. The Balaban J connectivity index is 1.77. The highest BCUT2D eigenvalue weighted by Crippen LogP contribution is 2.25. The van der Waals surface area contributed by atoms with E-state index in [2.05, 4.69) is 10.6 Å². The first-order chi connectivity index (χ1) is 5.83. The van der Waals surface area contributed by atoms with E-state index in [4.69, 9.17) is 5.11 Å². The van der Waals surface area contributed by atoms with Gasteiger partial charge in [0.25, 0.3) is 0 Å². The van der Waals surface area contributed by atoms with Crippen LogP contribution in [0.15, 0.2) is 0 Å². The third-order valence-corrected chi connectivity index (χ3v) is 2.42. The van der Waals surface area contributed by atoms with Crippen molar-refractivity contribution in [2.24, 2.45) is 5.92 Å². The number of nitrogens with one attached hydrogen (secondary N) is 2. The maximum Gasteiger partial charge on any atom is 0.0546 e. The molecular formula is C9H20N2O. The van der Waals surface area contributed by atoms with Crippen molar-refractivity contribution in [1.82, 2.24) is 10.6 Å². The van der Waals surface area contributed by atoms with Crippen LogP contribution in [0.1, 0.15) is 19.3 Å². The summed E-state index contributed by atoms with van der Waals surface area (Å²) in [4.78, 5) is 0. The molecule has 3 nitrogen and oxygen atoms in total. The van der Waals surface area contributed by atoms with Crippen molar-refractivity contribution in [1.29, 1.82) is 0 Å². The molecular weight excluding hydrogens is 152 g/mol. The molecule has 0 aromatic carbocycles. The van der Waals surface area contributed by atoms with Gasteiger partial charge < -0.3 is 15.7 Å². The molecule has 3 N–H and O–H groups in total. The summed E-state index contributed by atoms with van der Waals surface area (Å²) in [5, 5.41) is 15.5. The van der Waals surface area contributed by atoms with E-state index in [0.717, 1.165) is 38.4 Å². The molecule has 0 heterocycles. The lowest BCUT2D eigenvalue weighted by Crippen LogP contribution is -2.36. The summed E-state index contributed by atoms with van der Waals surface area (Å²) < 4.78 is 0. The molecule has 1 aliphatic carbocycles. The lowest BCUT2D eigenvalue weighted by atomic mass is 9.82. The molecule has 0 aliphatic heterocycles. The predicted octanol–water partition coefficient (Wildman–Crippen LogP) is -0.0436. The highest BCUT2D eigenvalue weighted by molar-refractivity contribution is 4.79. The van der Waals surface area contributed by atoms with Crippen LogP contribution in [-0.4, -0.2) is 37.9 Å². The molecule has 0 aromatic rings. The van der Waals surface area contributed by atoms with E-state index in [9.17, 15) is 0 Å². The van der Waals surface area contributed by atoms with Crippen molar-refractivity contribution in [3.05, 3.63) is 0 Å². The topological polar surface area (TPSA) is 44.3 Å². The van der Waals surface area contributed by atoms with E-state index in [0.29, 0.717) is 0 Å². The number of hydrogen-bond acceptors (Lipinski definition) is 3. The van der Waals surface area contributed by atoms with E-state index in [1.807, 2.05) is 7.05 Å². The summed E-state index contributed by atoms with van der Waals surface area (Å²) in [5.41, 5.74) is 0. The van der Waals surface area contributed by atoms with Gasteiger partial charge in [-0.2, -0.15) is 0 Å². The molecule has 0 atom stereocenters. The summed E-state index contributed by atoms with van der Waals surface area (Å²) >= 11 is 0. The number of hydrogen-bond donors (Lipinski definition) is 3. The van der Waals surface area contributed by atoms with Gasteiger partial charge in [-0.3, -0.25) is 0 Å². The minimum Gasteiger partial charge on any atom is -0.393 e. The van der Waals surface area contributed by atoms with Gasteiger partial charge in [0.1, 0.15) is 0 Å². The summed E-state index contributed by atoms with van der Waals surface area (Å²) in [5.74, 6) is 0.731. The predicted molar refractivity (Wildman–Crippen MR) is 50.1 cm³/mol. The van der Waals surface area contributed by atoms with Crippen LogP contribution in [0.4, 0.5) is 0 Å². The van der Waals surface area contributed by atoms with Crippen molar-refractivity contribution in [2.45, 2.75) is 25.4 Å². The Labute approximate surface area is 74.5 Å². The van der Waals surface area contributed by atoms with Gasteiger partial charge in [0.2, 0.25) is 0 Å². The zero-order valence-electron chi connectivity index (χ0n) is 7.84. The molecule has 0 radical (unpaired) electrons. The van der Waals surface area contributed by atoms with Gasteiger partial charge in [-0.1, -0.05) is 0 Å². The molecule has 1 aliphatic rings. The van der Waals surface area contributed by atoms with E-state index in [1.165, 1.54) is 6.42 Å². The molecule has 72 valence electrons. The fourth-order valence-corrected chi connectivity index (χ4v) is 1.56. The number of aliphatic hydroxyl groups excluding tert-OH is 1. The molecule has 0 aromatic heterocycles. The second-order valence-electron chi connectivity index (χ2n) is 3.65. The lowest BCUT2D eigenvalue weighted by molar-refractivity contribution is 0.0431. The molecule has 3 heteroatoms. The van der Waals surface area contributed by atoms with Gasteiger partial charge in [0.05, 0.1) is 6.10 Å². The van der Waals surface area contributed by atoms with Crippen LogP contribution in [0, 0.1) is 5.92 Å². The van der Waals surface area contributed by atoms with Crippen LogP contribution < -0.4 is 10.6 Å². The van der Waals surface area contributed by atoms with Crippen LogP contribution in [0.3, 0.4) is 0 Å². The van der Waals surface area contributed by atoms with E-state index in [1.54, 1.807) is 0 Å². The van der Waals surface area contributed by atoms with Crippen molar-refractivity contribution in [3.63, 3.8) is 0 Å². The molecule has 0 spiro atoms. The molecule has 0 amide bonds. The Hall–Kier alpha value is -0.120. The van der Waals surface area contributed by atoms with Crippen molar-refractivity contribution in [3.8, 4) is 0 Å². The zero-order valence-corrected chi connectivity index (χ0v) is 7.84. The normalized spacial score (nSPS) is 28.5. The minimum atomic E-state index is -0.00546. The first-order valence-electron chi connectivity index (χ1n) is 4.86. The molecule has 12 heavy (non-hydrogen) atoms. The Kier molecular flexibility index (Phi) is 4.58. The molecule has 1 fully saturated rings. The zero-order chi connectivity index (χ0) is 8.81. The number of aliphatic hydroxyl groups is 1. The highest BCUT2D eigenvalue weighted by Gasteiger charge is 2.26. The fraction of sp³-hybridized carbons (Fsp3) is 1.00. The maximum atomic E-state index is 9.02. The monoisotopic (exact) mass is 172 g/mol. The average Bonchev–Trinajstić information content (AvgIpc) is 2.00. The van der Waals surface area contributed by atoms with Crippen molar-refractivity contribution >= 4 is 0 Å². The summed E-state index contributed by atoms with van der Waals surface area (Å²) in [6.45, 7) is 3.26. The second-order valence-corrected chi connectivity index (χ2v) is 3.65. The standard InChI is InChI=1S/C9H20N2O/c1-10-3-2-4-11-7-8-5-9(12)6-8/h8-12H,2-7H2,1H3. The molecule has 1 saturated carbocycles. The third kappa shape index (κ3) is 3.52.